The number of nitrogens with one attached hydrogen (secondary N) is 1. The highest BCUT2D eigenvalue weighted by molar-refractivity contribution is 9.10. The van der Waals surface area contributed by atoms with Crippen molar-refractivity contribution in [3.8, 4) is 11.5 Å². The fourth-order valence-electron chi connectivity index (χ4n) is 1.62. The van der Waals surface area contributed by atoms with E-state index in [0.29, 0.717) is 21.6 Å². The number of aromatic hydroxyl groups is 1. The Morgan fingerprint density at radius 1 is 1.37 bits per heavy atom. The first kappa shape index (κ1) is 16.3. The molecule has 0 aliphatic rings. The molecule has 2 N–H and O–H groups in total. The van der Waals surface area contributed by atoms with Crippen LogP contribution in [-0.2, 0) is 6.54 Å². The fourth-order valence-corrected chi connectivity index (χ4v) is 2.11. The molecule has 0 aliphatic heterocycles. The van der Waals surface area contributed by atoms with Gasteiger partial charge in [0.2, 0.25) is 0 Å². The van der Waals surface area contributed by atoms with Crippen molar-refractivity contribution in [3.05, 3.63) is 22.2 Å². The van der Waals surface area contributed by atoms with Gasteiger partial charge in [-0.3, -0.25) is 0 Å². The zero-order valence-electron chi connectivity index (χ0n) is 12.4. The van der Waals surface area contributed by atoms with Gasteiger partial charge in [-0.2, -0.15) is 0 Å². The molecule has 0 radical (unpaired) electrons. The summed E-state index contributed by atoms with van der Waals surface area (Å²) in [6, 6.07) is 3.77. The van der Waals surface area contributed by atoms with Gasteiger partial charge < -0.3 is 15.2 Å². The molecular formula is C15H24BrNO2. The first-order valence-corrected chi connectivity index (χ1v) is 7.31. The number of phenolic OH excluding ortho intramolecular Hbond substituents is 1. The Balaban J connectivity index is 2.62. The van der Waals surface area contributed by atoms with E-state index in [4.69, 9.17) is 4.74 Å². The monoisotopic (exact) mass is 329 g/mol. The molecule has 1 atom stereocenters. The van der Waals surface area contributed by atoms with E-state index in [-0.39, 0.29) is 5.75 Å². The van der Waals surface area contributed by atoms with Crippen molar-refractivity contribution in [1.29, 1.82) is 0 Å². The zero-order valence-corrected chi connectivity index (χ0v) is 14.0. The van der Waals surface area contributed by atoms with E-state index in [1.165, 1.54) is 0 Å². The molecule has 1 aromatic rings. The second-order valence-corrected chi connectivity index (χ2v) is 6.88. The lowest BCUT2D eigenvalue weighted by Crippen LogP contribution is -2.29. The van der Waals surface area contributed by atoms with Gasteiger partial charge >= 0.3 is 0 Å². The van der Waals surface area contributed by atoms with Gasteiger partial charge in [0.25, 0.3) is 0 Å². The molecule has 0 aliphatic carbocycles. The Kier molecular flexibility index (Phi) is 5.68. The summed E-state index contributed by atoms with van der Waals surface area (Å²) in [5.74, 6) is 1.24. The van der Waals surface area contributed by atoms with E-state index < -0.39 is 0 Å². The predicted molar refractivity (Wildman–Crippen MR) is 82.7 cm³/mol. The van der Waals surface area contributed by atoms with Gasteiger partial charge in [0.15, 0.2) is 11.5 Å². The van der Waals surface area contributed by atoms with E-state index in [0.717, 1.165) is 18.7 Å². The summed E-state index contributed by atoms with van der Waals surface area (Å²) in [7, 11) is 1.56. The van der Waals surface area contributed by atoms with Gasteiger partial charge in [-0.1, -0.05) is 27.7 Å². The third kappa shape index (κ3) is 4.69. The molecule has 108 valence electrons. The second kappa shape index (κ2) is 6.62. The number of halogens is 1. The van der Waals surface area contributed by atoms with Crippen LogP contribution in [0.5, 0.6) is 11.5 Å². The Labute approximate surface area is 124 Å². The molecule has 0 heterocycles. The summed E-state index contributed by atoms with van der Waals surface area (Å²) in [6.07, 6.45) is 0. The van der Waals surface area contributed by atoms with Crippen molar-refractivity contribution < 1.29 is 9.84 Å². The van der Waals surface area contributed by atoms with Crippen LogP contribution in [0.3, 0.4) is 0 Å². The molecule has 0 saturated carbocycles. The number of methoxy groups -OCH3 is 1. The summed E-state index contributed by atoms with van der Waals surface area (Å²) in [4.78, 5) is 0. The molecule has 0 spiro atoms. The van der Waals surface area contributed by atoms with E-state index in [1.807, 2.05) is 12.1 Å². The smallest absolute Gasteiger partial charge is 0.172 e. The SMILES string of the molecule is COc1cc(CNCC(C)C(C)(C)C)cc(Br)c1O. The lowest BCUT2D eigenvalue weighted by Gasteiger charge is -2.27. The van der Waals surface area contributed by atoms with Crippen LogP contribution in [0.2, 0.25) is 0 Å². The van der Waals surface area contributed by atoms with Crippen molar-refractivity contribution >= 4 is 15.9 Å². The molecule has 19 heavy (non-hydrogen) atoms. The van der Waals surface area contributed by atoms with Crippen LogP contribution in [0.4, 0.5) is 0 Å². The first-order valence-electron chi connectivity index (χ1n) is 6.51. The van der Waals surface area contributed by atoms with Gasteiger partial charge in [-0.25, -0.2) is 0 Å². The van der Waals surface area contributed by atoms with Crippen LogP contribution in [0.15, 0.2) is 16.6 Å². The van der Waals surface area contributed by atoms with Gasteiger partial charge in [-0.05, 0) is 51.5 Å². The average molecular weight is 330 g/mol. The Morgan fingerprint density at radius 2 is 2.00 bits per heavy atom. The van der Waals surface area contributed by atoms with Crippen molar-refractivity contribution in [2.75, 3.05) is 13.7 Å². The van der Waals surface area contributed by atoms with Crippen molar-refractivity contribution in [3.63, 3.8) is 0 Å². The molecule has 1 rings (SSSR count). The maximum Gasteiger partial charge on any atom is 0.172 e. The predicted octanol–water partition coefficient (Wildman–Crippen LogP) is 3.94. The molecule has 0 amide bonds. The summed E-state index contributed by atoms with van der Waals surface area (Å²) >= 11 is 3.33. The lowest BCUT2D eigenvalue weighted by molar-refractivity contribution is 0.252. The van der Waals surface area contributed by atoms with Crippen LogP contribution in [0.25, 0.3) is 0 Å². The van der Waals surface area contributed by atoms with E-state index >= 15 is 0 Å². The number of hydrogen-bond acceptors (Lipinski definition) is 3. The zero-order chi connectivity index (χ0) is 14.6. The first-order chi connectivity index (χ1) is 8.75. The molecule has 0 aromatic heterocycles. The quantitative estimate of drug-likeness (QED) is 0.859. The molecule has 0 fully saturated rings. The molecule has 0 bridgehead atoms. The van der Waals surface area contributed by atoms with Gasteiger partial charge in [0.05, 0.1) is 11.6 Å². The molecule has 1 aromatic carbocycles. The third-order valence-corrected chi connectivity index (χ3v) is 4.17. The number of benzene rings is 1. The van der Waals surface area contributed by atoms with Crippen molar-refractivity contribution in [2.24, 2.45) is 11.3 Å². The normalized spacial score (nSPS) is 13.4. The van der Waals surface area contributed by atoms with Crippen molar-refractivity contribution in [2.45, 2.75) is 34.2 Å². The highest BCUT2D eigenvalue weighted by Gasteiger charge is 2.19. The van der Waals surface area contributed by atoms with Gasteiger partial charge in [0.1, 0.15) is 0 Å². The van der Waals surface area contributed by atoms with E-state index in [1.54, 1.807) is 7.11 Å². The second-order valence-electron chi connectivity index (χ2n) is 6.03. The Bertz CT molecular complexity index is 427. The molecule has 1 unspecified atom stereocenters. The maximum atomic E-state index is 9.75. The van der Waals surface area contributed by atoms with Gasteiger partial charge in [-0.15, -0.1) is 0 Å². The summed E-state index contributed by atoms with van der Waals surface area (Å²) in [6.45, 7) is 10.7. The highest BCUT2D eigenvalue weighted by atomic mass is 79.9. The summed E-state index contributed by atoms with van der Waals surface area (Å²) in [5, 5.41) is 13.2. The van der Waals surface area contributed by atoms with Crippen LogP contribution in [-0.4, -0.2) is 18.8 Å². The lowest BCUT2D eigenvalue weighted by atomic mass is 9.82. The maximum absolute atomic E-state index is 9.75. The van der Waals surface area contributed by atoms with Crippen LogP contribution in [0, 0.1) is 11.3 Å². The highest BCUT2D eigenvalue weighted by Crippen LogP contribution is 2.35. The number of ether oxygens (including phenoxy) is 1. The molecule has 3 nitrogen and oxygen atoms in total. The van der Waals surface area contributed by atoms with E-state index in [2.05, 4.69) is 48.9 Å². The van der Waals surface area contributed by atoms with E-state index in [9.17, 15) is 5.11 Å². The Morgan fingerprint density at radius 3 is 2.53 bits per heavy atom. The van der Waals surface area contributed by atoms with Crippen LogP contribution < -0.4 is 10.1 Å². The standard InChI is InChI=1S/C15H24BrNO2/c1-10(15(2,3)4)8-17-9-11-6-12(16)14(18)13(7-11)19-5/h6-7,10,17-18H,8-9H2,1-5H3. The molecular weight excluding hydrogens is 306 g/mol. The minimum atomic E-state index is 0.148. The largest absolute Gasteiger partial charge is 0.503 e. The fraction of sp³-hybridized carbons (Fsp3) is 0.600. The van der Waals surface area contributed by atoms with Crippen LogP contribution >= 0.6 is 15.9 Å². The summed E-state index contributed by atoms with van der Waals surface area (Å²) < 4.78 is 5.80. The minimum Gasteiger partial charge on any atom is -0.503 e. The van der Waals surface area contributed by atoms with Gasteiger partial charge in [0, 0.05) is 6.54 Å². The summed E-state index contributed by atoms with van der Waals surface area (Å²) in [5.41, 5.74) is 1.39. The number of phenols is 1. The molecule has 0 saturated heterocycles. The number of hydrogen-bond donors (Lipinski definition) is 2. The van der Waals surface area contributed by atoms with Crippen LogP contribution in [0.1, 0.15) is 33.3 Å². The third-order valence-electron chi connectivity index (χ3n) is 3.57. The number of rotatable bonds is 5. The molecule has 4 heteroatoms. The average Bonchev–Trinajstić information content (AvgIpc) is 2.32. The topological polar surface area (TPSA) is 41.5 Å². The minimum absolute atomic E-state index is 0.148. The van der Waals surface area contributed by atoms with Crippen molar-refractivity contribution in [1.82, 2.24) is 5.32 Å². The Hall–Kier alpha value is -0.740.